The van der Waals surface area contributed by atoms with Crippen molar-refractivity contribution in [3.63, 3.8) is 0 Å². The molecule has 0 aliphatic carbocycles. The van der Waals surface area contributed by atoms with Crippen molar-refractivity contribution >= 4 is 5.91 Å². The van der Waals surface area contributed by atoms with Crippen LogP contribution in [0.4, 0.5) is 4.39 Å². The van der Waals surface area contributed by atoms with Crippen LogP contribution in [-0.2, 0) is 0 Å². The largest absolute Gasteiger partial charge is 0.366 e. The lowest BCUT2D eigenvalue weighted by Crippen LogP contribution is -2.12. The van der Waals surface area contributed by atoms with E-state index >= 15 is 0 Å². The molecule has 0 saturated heterocycles. The van der Waals surface area contributed by atoms with Crippen molar-refractivity contribution in [1.29, 1.82) is 0 Å². The standard InChI is InChI=1S/C9H11FN2O/c1-5(2)7-3-6(9(11)13)4-12-8(7)10/h3-5H,1-2H3,(H2,11,13). The predicted molar refractivity (Wildman–Crippen MR) is 46.8 cm³/mol. The van der Waals surface area contributed by atoms with Gasteiger partial charge in [0.25, 0.3) is 0 Å². The van der Waals surface area contributed by atoms with E-state index < -0.39 is 11.9 Å². The molecule has 0 fully saturated rings. The maximum atomic E-state index is 13.0. The van der Waals surface area contributed by atoms with Gasteiger partial charge in [0.2, 0.25) is 11.9 Å². The maximum Gasteiger partial charge on any atom is 0.250 e. The molecule has 0 saturated carbocycles. The molecule has 0 aromatic carbocycles. The van der Waals surface area contributed by atoms with Gasteiger partial charge in [-0.15, -0.1) is 0 Å². The minimum Gasteiger partial charge on any atom is -0.366 e. The number of hydrogen-bond donors (Lipinski definition) is 1. The summed E-state index contributed by atoms with van der Waals surface area (Å²) in [5.41, 5.74) is 5.69. The van der Waals surface area contributed by atoms with E-state index in [1.807, 2.05) is 13.8 Å². The number of nitrogens with zero attached hydrogens (tertiary/aromatic N) is 1. The number of pyridine rings is 1. The average molecular weight is 182 g/mol. The molecule has 0 radical (unpaired) electrons. The van der Waals surface area contributed by atoms with Crippen LogP contribution >= 0.6 is 0 Å². The molecule has 2 N–H and O–H groups in total. The van der Waals surface area contributed by atoms with Crippen LogP contribution in [0.3, 0.4) is 0 Å². The molecule has 13 heavy (non-hydrogen) atoms. The second-order valence-corrected chi connectivity index (χ2v) is 3.12. The highest BCUT2D eigenvalue weighted by molar-refractivity contribution is 5.92. The first-order chi connectivity index (χ1) is 6.02. The van der Waals surface area contributed by atoms with Crippen LogP contribution in [0.1, 0.15) is 35.7 Å². The predicted octanol–water partition coefficient (Wildman–Crippen LogP) is 1.44. The number of carbonyl (C=O) groups is 1. The SMILES string of the molecule is CC(C)c1cc(C(N)=O)cnc1F. The Morgan fingerprint density at radius 2 is 2.23 bits per heavy atom. The Morgan fingerprint density at radius 1 is 1.62 bits per heavy atom. The molecule has 1 aromatic heterocycles. The van der Waals surface area contributed by atoms with Gasteiger partial charge in [-0.2, -0.15) is 4.39 Å². The monoisotopic (exact) mass is 182 g/mol. The van der Waals surface area contributed by atoms with Crippen LogP contribution in [0.15, 0.2) is 12.3 Å². The summed E-state index contributed by atoms with van der Waals surface area (Å²) in [4.78, 5) is 14.2. The van der Waals surface area contributed by atoms with Gasteiger partial charge in [-0.1, -0.05) is 13.8 Å². The third-order valence-electron chi connectivity index (χ3n) is 1.77. The van der Waals surface area contributed by atoms with Crippen LogP contribution in [0, 0.1) is 5.95 Å². The van der Waals surface area contributed by atoms with Crippen LogP contribution in [-0.4, -0.2) is 10.9 Å². The molecule has 0 aliphatic heterocycles. The Bertz CT molecular complexity index is 336. The van der Waals surface area contributed by atoms with Crippen LogP contribution in [0.5, 0.6) is 0 Å². The molecule has 4 heteroatoms. The number of rotatable bonds is 2. The number of carbonyl (C=O) groups excluding carboxylic acids is 1. The third kappa shape index (κ3) is 2.02. The molecular formula is C9H11FN2O. The summed E-state index contributed by atoms with van der Waals surface area (Å²) in [5.74, 6) is -1.14. The van der Waals surface area contributed by atoms with E-state index in [4.69, 9.17) is 5.73 Å². The summed E-state index contributed by atoms with van der Waals surface area (Å²) in [5, 5.41) is 0. The molecule has 1 rings (SSSR count). The summed E-state index contributed by atoms with van der Waals surface area (Å²) in [6.45, 7) is 3.65. The van der Waals surface area contributed by atoms with E-state index in [-0.39, 0.29) is 11.5 Å². The summed E-state index contributed by atoms with van der Waals surface area (Å²) >= 11 is 0. The molecule has 1 heterocycles. The lowest BCUT2D eigenvalue weighted by Gasteiger charge is -2.06. The summed E-state index contributed by atoms with van der Waals surface area (Å²) in [7, 11) is 0. The van der Waals surface area contributed by atoms with Crippen LogP contribution in [0.2, 0.25) is 0 Å². The van der Waals surface area contributed by atoms with Gasteiger partial charge in [-0.3, -0.25) is 4.79 Å². The molecule has 0 unspecified atom stereocenters. The Hall–Kier alpha value is -1.45. The highest BCUT2D eigenvalue weighted by atomic mass is 19.1. The number of amides is 1. The Balaban J connectivity index is 3.19. The fourth-order valence-electron chi connectivity index (χ4n) is 1.00. The Kier molecular flexibility index (Phi) is 2.60. The van der Waals surface area contributed by atoms with E-state index in [9.17, 15) is 9.18 Å². The van der Waals surface area contributed by atoms with Gasteiger partial charge in [-0.25, -0.2) is 4.98 Å². The van der Waals surface area contributed by atoms with Crippen LogP contribution < -0.4 is 5.73 Å². The zero-order valence-corrected chi connectivity index (χ0v) is 7.54. The van der Waals surface area contributed by atoms with E-state index in [2.05, 4.69) is 4.98 Å². The minimum absolute atomic E-state index is 0.00759. The number of halogens is 1. The first-order valence-corrected chi connectivity index (χ1v) is 3.97. The molecule has 0 atom stereocenters. The van der Waals surface area contributed by atoms with Gasteiger partial charge in [0, 0.05) is 11.8 Å². The van der Waals surface area contributed by atoms with E-state index in [1.54, 1.807) is 0 Å². The Labute approximate surface area is 75.8 Å². The topological polar surface area (TPSA) is 56.0 Å². The molecule has 3 nitrogen and oxygen atoms in total. The lowest BCUT2D eigenvalue weighted by atomic mass is 10.0. The van der Waals surface area contributed by atoms with Gasteiger partial charge < -0.3 is 5.73 Å². The summed E-state index contributed by atoms with van der Waals surface area (Å²) < 4.78 is 13.0. The van der Waals surface area contributed by atoms with E-state index in [0.717, 1.165) is 6.20 Å². The highest BCUT2D eigenvalue weighted by Gasteiger charge is 2.10. The second-order valence-electron chi connectivity index (χ2n) is 3.12. The molecule has 0 bridgehead atoms. The number of nitrogens with two attached hydrogens (primary N) is 1. The van der Waals surface area contributed by atoms with Gasteiger partial charge in [-0.05, 0) is 12.0 Å². The number of primary amides is 1. The van der Waals surface area contributed by atoms with Crippen molar-refractivity contribution in [2.45, 2.75) is 19.8 Å². The van der Waals surface area contributed by atoms with Crippen molar-refractivity contribution in [1.82, 2.24) is 4.98 Å². The lowest BCUT2D eigenvalue weighted by molar-refractivity contribution is 0.0999. The van der Waals surface area contributed by atoms with Crippen molar-refractivity contribution < 1.29 is 9.18 Å². The molecule has 0 aliphatic rings. The van der Waals surface area contributed by atoms with Crippen molar-refractivity contribution in [2.75, 3.05) is 0 Å². The van der Waals surface area contributed by atoms with Crippen LogP contribution in [0.25, 0.3) is 0 Å². The van der Waals surface area contributed by atoms with Gasteiger partial charge in [0.15, 0.2) is 0 Å². The fourth-order valence-corrected chi connectivity index (χ4v) is 1.00. The summed E-state index contributed by atoms with van der Waals surface area (Å²) in [6, 6.07) is 1.44. The second kappa shape index (κ2) is 3.51. The Morgan fingerprint density at radius 3 is 2.69 bits per heavy atom. The van der Waals surface area contributed by atoms with Crippen molar-refractivity contribution in [2.24, 2.45) is 5.73 Å². The molecule has 1 amide bonds. The van der Waals surface area contributed by atoms with Crippen molar-refractivity contribution in [3.05, 3.63) is 29.3 Å². The average Bonchev–Trinajstić information content (AvgIpc) is 2.04. The zero-order valence-electron chi connectivity index (χ0n) is 7.54. The van der Waals surface area contributed by atoms with Gasteiger partial charge in [0.1, 0.15) is 0 Å². The smallest absolute Gasteiger partial charge is 0.250 e. The van der Waals surface area contributed by atoms with Crippen molar-refractivity contribution in [3.8, 4) is 0 Å². The minimum atomic E-state index is -0.589. The quantitative estimate of drug-likeness (QED) is 0.703. The molecule has 1 aromatic rings. The first-order valence-electron chi connectivity index (χ1n) is 3.97. The molecule has 0 spiro atoms. The first kappa shape index (κ1) is 9.64. The number of hydrogen-bond acceptors (Lipinski definition) is 2. The third-order valence-corrected chi connectivity index (χ3v) is 1.77. The maximum absolute atomic E-state index is 13.0. The normalized spacial score (nSPS) is 10.5. The fraction of sp³-hybridized carbons (Fsp3) is 0.333. The molecule has 70 valence electrons. The van der Waals surface area contributed by atoms with E-state index in [1.165, 1.54) is 6.07 Å². The highest BCUT2D eigenvalue weighted by Crippen LogP contribution is 2.17. The summed E-state index contributed by atoms with van der Waals surface area (Å²) in [6.07, 6.45) is 1.14. The van der Waals surface area contributed by atoms with E-state index in [0.29, 0.717) is 5.56 Å². The number of aromatic nitrogens is 1. The zero-order chi connectivity index (χ0) is 10.0. The molecular weight excluding hydrogens is 171 g/mol. The van der Waals surface area contributed by atoms with Gasteiger partial charge in [0.05, 0.1) is 5.56 Å². The van der Waals surface area contributed by atoms with Gasteiger partial charge >= 0.3 is 0 Å².